The zero-order chi connectivity index (χ0) is 28.4. The van der Waals surface area contributed by atoms with E-state index in [1.807, 2.05) is 0 Å². The quantitative estimate of drug-likeness (QED) is 0.199. The fourth-order valence-electron chi connectivity index (χ4n) is 3.72. The van der Waals surface area contributed by atoms with Gasteiger partial charge in [-0.1, -0.05) is 6.07 Å². The van der Waals surface area contributed by atoms with E-state index in [1.54, 1.807) is 46.8 Å². The number of hydrogen-bond donors (Lipinski definition) is 4. The Morgan fingerprint density at radius 3 is 2.29 bits per heavy atom. The summed E-state index contributed by atoms with van der Waals surface area (Å²) >= 11 is 0. The lowest BCUT2D eigenvalue weighted by Crippen LogP contribution is -2.48. The van der Waals surface area contributed by atoms with Crippen LogP contribution in [-0.4, -0.2) is 51.3 Å². The highest BCUT2D eigenvalue weighted by Crippen LogP contribution is 2.32. The van der Waals surface area contributed by atoms with Gasteiger partial charge >= 0.3 is 6.09 Å². The number of amides is 3. The van der Waals surface area contributed by atoms with Gasteiger partial charge in [0.1, 0.15) is 11.4 Å². The molecule has 12 nitrogen and oxygen atoms in total. The first-order valence-electron chi connectivity index (χ1n) is 11.7. The summed E-state index contributed by atoms with van der Waals surface area (Å²) in [7, 11) is 0. The van der Waals surface area contributed by atoms with Crippen LogP contribution in [-0.2, 0) is 4.74 Å². The third-order valence-corrected chi connectivity index (χ3v) is 5.85. The molecule has 0 atom stereocenters. The molecule has 1 heterocycles. The Morgan fingerprint density at radius 2 is 1.71 bits per heavy atom. The molecule has 200 valence electrons. The number of non-ortho nitro benzene ring substituents is 1. The number of nitrogens with one attached hydrogen (secondary N) is 3. The molecule has 3 amide bonds. The number of anilines is 1. The van der Waals surface area contributed by atoms with Gasteiger partial charge in [0, 0.05) is 40.2 Å². The van der Waals surface area contributed by atoms with Crippen molar-refractivity contribution in [1.82, 2.24) is 10.2 Å². The van der Waals surface area contributed by atoms with Crippen molar-refractivity contribution in [1.29, 1.82) is 5.41 Å². The molecule has 0 bridgehead atoms. The minimum atomic E-state index is -0.934. The van der Waals surface area contributed by atoms with Crippen molar-refractivity contribution in [3.8, 4) is 0 Å². The van der Waals surface area contributed by atoms with Gasteiger partial charge in [0.25, 0.3) is 17.5 Å². The number of rotatable bonds is 5. The second-order valence-corrected chi connectivity index (χ2v) is 10.2. The number of nitro benzene ring substituents is 1. The Kier molecular flexibility index (Phi) is 7.56. The summed E-state index contributed by atoms with van der Waals surface area (Å²) in [4.78, 5) is 49.8. The maximum Gasteiger partial charge on any atom is 0.411 e. The largest absolute Gasteiger partial charge is 0.444 e. The standard InChI is InChI=1S/C26H30N6O6/c1-25(2,3)38-24(35)31-14-19(20(27)26(31,4)5)21(28)30-23(34)16-7-6-8-17(13-16)29-22(33)15-9-11-18(12-10-15)32(36)37/h6-13H,14,27H2,1-5H3,(H,29,33)(H2,28,30,34). The van der Waals surface area contributed by atoms with Crippen molar-refractivity contribution >= 4 is 35.1 Å². The third kappa shape index (κ3) is 6.14. The number of hydrogen-bond acceptors (Lipinski definition) is 8. The number of nitrogens with two attached hydrogens (primary N) is 1. The molecule has 0 saturated carbocycles. The molecule has 0 saturated heterocycles. The summed E-state index contributed by atoms with van der Waals surface area (Å²) in [5.41, 5.74) is 5.71. The predicted molar refractivity (Wildman–Crippen MR) is 141 cm³/mol. The molecule has 0 radical (unpaired) electrons. The van der Waals surface area contributed by atoms with Crippen LogP contribution in [0.15, 0.2) is 59.8 Å². The highest BCUT2D eigenvalue weighted by Gasteiger charge is 2.44. The monoisotopic (exact) mass is 522 g/mol. The van der Waals surface area contributed by atoms with Gasteiger partial charge in [0.2, 0.25) is 0 Å². The molecule has 2 aromatic rings. The molecule has 1 aliphatic rings. The van der Waals surface area contributed by atoms with Crippen LogP contribution in [0.4, 0.5) is 16.2 Å². The van der Waals surface area contributed by atoms with Gasteiger partial charge in [0.15, 0.2) is 0 Å². The second kappa shape index (κ2) is 10.3. The van der Waals surface area contributed by atoms with Crippen LogP contribution < -0.4 is 16.4 Å². The highest BCUT2D eigenvalue weighted by atomic mass is 16.6. The van der Waals surface area contributed by atoms with Crippen molar-refractivity contribution < 1.29 is 24.0 Å². The minimum absolute atomic E-state index is 0.0157. The molecule has 12 heteroatoms. The Hall–Kier alpha value is -4.74. The number of amidine groups is 1. The van der Waals surface area contributed by atoms with Gasteiger partial charge in [-0.2, -0.15) is 0 Å². The van der Waals surface area contributed by atoms with E-state index in [9.17, 15) is 24.5 Å². The summed E-state index contributed by atoms with van der Waals surface area (Å²) < 4.78 is 5.46. The van der Waals surface area contributed by atoms with E-state index in [2.05, 4.69) is 10.6 Å². The predicted octanol–water partition coefficient (Wildman–Crippen LogP) is 3.80. The van der Waals surface area contributed by atoms with Gasteiger partial charge in [-0.15, -0.1) is 0 Å². The first-order valence-corrected chi connectivity index (χ1v) is 11.7. The van der Waals surface area contributed by atoms with Crippen molar-refractivity contribution in [3.63, 3.8) is 0 Å². The van der Waals surface area contributed by atoms with Crippen molar-refractivity contribution in [2.24, 2.45) is 5.73 Å². The fraction of sp³-hybridized carbons (Fsp3) is 0.308. The number of carbonyl (C=O) groups is 3. The molecule has 0 spiro atoms. The van der Waals surface area contributed by atoms with E-state index < -0.39 is 34.0 Å². The lowest BCUT2D eigenvalue weighted by atomic mass is 10.0. The van der Waals surface area contributed by atoms with Crippen molar-refractivity contribution in [2.75, 3.05) is 11.9 Å². The summed E-state index contributed by atoms with van der Waals surface area (Å²) in [6, 6.07) is 11.2. The molecule has 38 heavy (non-hydrogen) atoms. The van der Waals surface area contributed by atoms with Crippen LogP contribution in [0.25, 0.3) is 0 Å². The molecule has 3 rings (SSSR count). The summed E-state index contributed by atoms with van der Waals surface area (Å²) in [6.45, 7) is 8.68. The molecule has 1 aliphatic heterocycles. The average molecular weight is 523 g/mol. The first kappa shape index (κ1) is 27.8. The second-order valence-electron chi connectivity index (χ2n) is 10.2. The molecule has 5 N–H and O–H groups in total. The third-order valence-electron chi connectivity index (χ3n) is 5.85. The van der Waals surface area contributed by atoms with Crippen LogP contribution in [0.3, 0.4) is 0 Å². The number of nitrogens with zero attached hydrogens (tertiary/aromatic N) is 2. The van der Waals surface area contributed by atoms with Gasteiger partial charge in [-0.05, 0) is 65.0 Å². The highest BCUT2D eigenvalue weighted by molar-refractivity contribution is 6.13. The fourth-order valence-corrected chi connectivity index (χ4v) is 3.72. The van der Waals surface area contributed by atoms with E-state index in [1.165, 1.54) is 41.3 Å². The van der Waals surface area contributed by atoms with Crippen molar-refractivity contribution in [2.45, 2.75) is 45.8 Å². The molecule has 0 fully saturated rings. The summed E-state index contributed by atoms with van der Waals surface area (Å²) in [5.74, 6) is -1.39. The Morgan fingerprint density at radius 1 is 1.08 bits per heavy atom. The topological polar surface area (TPSA) is 181 Å². The molecule has 0 aromatic heterocycles. The lowest BCUT2D eigenvalue weighted by Gasteiger charge is -2.34. The van der Waals surface area contributed by atoms with Crippen LogP contribution in [0.1, 0.15) is 55.3 Å². The zero-order valence-electron chi connectivity index (χ0n) is 21.7. The SMILES string of the molecule is CC(C)(C)OC(=O)N1CC(C(=N)NC(=O)c2cccc(NC(=O)c3ccc([N+](=O)[O-])cc3)c2)=C(N)C1(C)C. The van der Waals surface area contributed by atoms with Crippen LogP contribution in [0.5, 0.6) is 0 Å². The minimum Gasteiger partial charge on any atom is -0.444 e. The Labute approximate surface area is 219 Å². The van der Waals surface area contributed by atoms with E-state index in [0.29, 0.717) is 5.69 Å². The van der Waals surface area contributed by atoms with Gasteiger partial charge in [-0.25, -0.2) is 4.79 Å². The van der Waals surface area contributed by atoms with Gasteiger partial charge in [-0.3, -0.25) is 30.0 Å². The molecule has 0 aliphatic carbocycles. The number of nitro groups is 1. The van der Waals surface area contributed by atoms with E-state index >= 15 is 0 Å². The van der Waals surface area contributed by atoms with E-state index in [4.69, 9.17) is 15.9 Å². The van der Waals surface area contributed by atoms with Gasteiger partial charge < -0.3 is 21.1 Å². The molecular formula is C26H30N6O6. The van der Waals surface area contributed by atoms with Crippen molar-refractivity contribution in [3.05, 3.63) is 81.0 Å². The van der Waals surface area contributed by atoms with Crippen LogP contribution >= 0.6 is 0 Å². The van der Waals surface area contributed by atoms with E-state index in [0.717, 1.165) is 0 Å². The number of benzene rings is 2. The molecule has 0 unspecified atom stereocenters. The normalized spacial score (nSPS) is 14.6. The summed E-state index contributed by atoms with van der Waals surface area (Å²) in [6.07, 6.45) is -0.587. The van der Waals surface area contributed by atoms with Crippen LogP contribution in [0, 0.1) is 15.5 Å². The zero-order valence-corrected chi connectivity index (χ0v) is 21.7. The molecule has 2 aromatic carbocycles. The van der Waals surface area contributed by atoms with Crippen LogP contribution in [0.2, 0.25) is 0 Å². The maximum absolute atomic E-state index is 12.9. The Bertz CT molecular complexity index is 1340. The lowest BCUT2D eigenvalue weighted by molar-refractivity contribution is -0.384. The average Bonchev–Trinajstić information content (AvgIpc) is 3.07. The summed E-state index contributed by atoms with van der Waals surface area (Å²) in [5, 5.41) is 24.4. The number of carbonyl (C=O) groups excluding carboxylic acids is 3. The number of ether oxygens (including phenoxy) is 1. The maximum atomic E-state index is 12.9. The molecular weight excluding hydrogens is 492 g/mol. The first-order chi connectivity index (χ1) is 17.6. The van der Waals surface area contributed by atoms with Gasteiger partial charge in [0.05, 0.1) is 17.0 Å². The Balaban J connectivity index is 1.70. The smallest absolute Gasteiger partial charge is 0.411 e. The van der Waals surface area contributed by atoms with E-state index in [-0.39, 0.29) is 40.5 Å².